The number of benzene rings is 1. The molecule has 3 rings (SSSR count). The predicted octanol–water partition coefficient (Wildman–Crippen LogP) is 2.51. The minimum Gasteiger partial charge on any atom is -0.491 e. The largest absolute Gasteiger partial charge is 0.508 e. The van der Waals surface area contributed by atoms with Crippen LogP contribution in [0.2, 0.25) is 0 Å². The lowest BCUT2D eigenvalue weighted by Crippen LogP contribution is -2.60. The Labute approximate surface area is 225 Å². The smallest absolute Gasteiger partial charge is 0.491 e. The first kappa shape index (κ1) is 21.1. The highest BCUT2D eigenvalue weighted by atomic mass is 16.7. The summed E-state index contributed by atoms with van der Waals surface area (Å²) < 4.78 is 78.5. The Kier molecular flexibility index (Phi) is 7.19. The fourth-order valence-electron chi connectivity index (χ4n) is 3.52. The van der Waals surface area contributed by atoms with E-state index < -0.39 is 79.8 Å². The Morgan fingerprint density at radius 2 is 1.86 bits per heavy atom. The molecule has 1 aromatic carbocycles. The maximum atomic E-state index is 11.6. The van der Waals surface area contributed by atoms with Gasteiger partial charge in [-0.1, -0.05) is 12.1 Å². The van der Waals surface area contributed by atoms with Gasteiger partial charge in [0.2, 0.25) is 12.2 Å². The van der Waals surface area contributed by atoms with E-state index in [1.54, 1.807) is 6.92 Å². The zero-order chi connectivity index (χ0) is 32.5. The summed E-state index contributed by atoms with van der Waals surface area (Å²) in [5.41, 5.74) is -1.20. The number of hydrogen-bond donors (Lipinski definition) is 3. The molecule has 2 aromatic rings. The van der Waals surface area contributed by atoms with Crippen LogP contribution < -0.4 is 9.47 Å². The molecule has 0 amide bonds. The Morgan fingerprint density at radius 3 is 2.46 bits per heavy atom. The molecule has 11 heteroatoms. The van der Waals surface area contributed by atoms with E-state index in [0.29, 0.717) is 5.75 Å². The van der Waals surface area contributed by atoms with Crippen LogP contribution in [0.25, 0.3) is 0 Å². The summed E-state index contributed by atoms with van der Waals surface area (Å²) in [7, 11) is 0. The first-order valence-corrected chi connectivity index (χ1v) is 11.9. The van der Waals surface area contributed by atoms with Crippen molar-refractivity contribution in [2.24, 2.45) is 0 Å². The Bertz CT molecular complexity index is 1250. The molecule has 0 bridgehead atoms. The van der Waals surface area contributed by atoms with Crippen molar-refractivity contribution < 1.29 is 52.0 Å². The summed E-state index contributed by atoms with van der Waals surface area (Å²) in [6, 6.07) is 4.12. The van der Waals surface area contributed by atoms with Crippen LogP contribution >= 0.6 is 0 Å². The predicted molar refractivity (Wildman–Crippen MR) is 133 cm³/mol. The van der Waals surface area contributed by atoms with Gasteiger partial charge in [-0.2, -0.15) is 0 Å². The fraction of sp³-hybridized carbons (Fsp3) is 0.615. The summed E-state index contributed by atoms with van der Waals surface area (Å²) in [6.07, 6.45) is -12.6. The van der Waals surface area contributed by atoms with Gasteiger partial charge in [-0.25, -0.2) is 4.79 Å². The third-order valence-electron chi connectivity index (χ3n) is 5.30. The molecule has 37 heavy (non-hydrogen) atoms. The van der Waals surface area contributed by atoms with E-state index in [1.807, 2.05) is 13.8 Å². The van der Waals surface area contributed by atoms with Crippen molar-refractivity contribution in [2.45, 2.75) is 90.7 Å². The van der Waals surface area contributed by atoms with Crippen molar-refractivity contribution in [3.63, 3.8) is 0 Å². The molecule has 11 nitrogen and oxygen atoms in total. The van der Waals surface area contributed by atoms with E-state index in [-0.39, 0.29) is 18.3 Å². The Hall–Kier alpha value is -2.86. The molecular formula is C26H38N2O9. The normalized spacial score (nSPS) is 27.2. The Balaban J connectivity index is 2.11. The van der Waals surface area contributed by atoms with Gasteiger partial charge in [0.1, 0.15) is 36.8 Å². The lowest BCUT2D eigenvalue weighted by Gasteiger charge is -2.39. The summed E-state index contributed by atoms with van der Waals surface area (Å²) in [5, 5.41) is 35.7. The summed E-state index contributed by atoms with van der Waals surface area (Å²) in [4.78, 5) is 11.6. The molecular weight excluding hydrogens is 484 g/mol. The standard InChI is InChI=1S/C26H38N2O9/c1-7-33-26(32)34-13-20-21(29)22(30)23(31)25(36-20)37-24-19(16(6)28(27-24)14(2)3)12-17-8-10-18(11-9-17)35-15(4)5/h8-11,14-15,20-23,25,29-31H,7,12-13H2,1-6H3/t20-,21-,22+,23-,25+/m1/s1/i6D3,12D2,14D. The second-order valence-corrected chi connectivity index (χ2v) is 8.83. The van der Waals surface area contributed by atoms with E-state index in [1.165, 1.54) is 38.1 Å². The third kappa shape index (κ3) is 7.13. The molecule has 1 aliphatic heterocycles. The van der Waals surface area contributed by atoms with Crippen molar-refractivity contribution in [3.05, 3.63) is 41.1 Å². The van der Waals surface area contributed by atoms with Crippen LogP contribution in [0.1, 0.15) is 65.7 Å². The maximum Gasteiger partial charge on any atom is 0.508 e. The van der Waals surface area contributed by atoms with Crippen molar-refractivity contribution in [2.75, 3.05) is 13.2 Å². The SMILES string of the molecule is [2H]C([2H])([2H])c1c(C([2H])([2H])c2ccc(OC(C)C)cc2)c(O[C@@H]2O[C@H](COC(=O)OCC)[C@@H](O)[C@H](O)[C@H]2O)nn1C([2H])(C)C. The van der Waals surface area contributed by atoms with Crippen molar-refractivity contribution in [3.8, 4) is 11.6 Å². The van der Waals surface area contributed by atoms with Gasteiger partial charge in [-0.05, 0) is 59.2 Å². The molecule has 2 heterocycles. The van der Waals surface area contributed by atoms with Gasteiger partial charge in [-0.3, -0.25) is 4.68 Å². The van der Waals surface area contributed by atoms with Gasteiger partial charge in [0, 0.05) is 30.5 Å². The molecule has 1 fully saturated rings. The van der Waals surface area contributed by atoms with Crippen LogP contribution in [-0.2, 0) is 20.6 Å². The van der Waals surface area contributed by atoms with E-state index >= 15 is 0 Å². The van der Waals surface area contributed by atoms with Crippen LogP contribution in [-0.4, -0.2) is 81.3 Å². The summed E-state index contributed by atoms with van der Waals surface area (Å²) in [5.74, 6) is -0.191. The molecule has 0 spiro atoms. The average Bonchev–Trinajstić information content (AvgIpc) is 3.30. The number of hydrogen-bond acceptors (Lipinski definition) is 10. The molecule has 0 radical (unpaired) electrons. The highest BCUT2D eigenvalue weighted by molar-refractivity contribution is 5.59. The van der Waals surface area contributed by atoms with Gasteiger partial charge in [0.25, 0.3) is 0 Å². The average molecular weight is 529 g/mol. The number of aliphatic hydroxyl groups excluding tert-OH is 3. The highest BCUT2D eigenvalue weighted by Gasteiger charge is 2.46. The minimum absolute atomic E-state index is 0.00238. The topological polar surface area (TPSA) is 142 Å². The summed E-state index contributed by atoms with van der Waals surface area (Å²) >= 11 is 0. The van der Waals surface area contributed by atoms with E-state index in [9.17, 15) is 20.1 Å². The first-order valence-electron chi connectivity index (χ1n) is 14.9. The first-order chi connectivity index (χ1) is 19.8. The van der Waals surface area contributed by atoms with Gasteiger partial charge in [0.15, 0.2) is 0 Å². The van der Waals surface area contributed by atoms with E-state index in [2.05, 4.69) is 9.84 Å². The molecule has 1 aromatic heterocycles. The molecule has 5 atom stereocenters. The van der Waals surface area contributed by atoms with Crippen molar-refractivity contribution >= 4 is 6.16 Å². The number of aliphatic hydroxyl groups is 3. The van der Waals surface area contributed by atoms with Crippen molar-refractivity contribution in [1.29, 1.82) is 0 Å². The van der Waals surface area contributed by atoms with Gasteiger partial charge >= 0.3 is 6.16 Å². The van der Waals surface area contributed by atoms with E-state index in [0.717, 1.165) is 4.68 Å². The van der Waals surface area contributed by atoms with Crippen molar-refractivity contribution in [1.82, 2.24) is 9.78 Å². The van der Waals surface area contributed by atoms with Crippen LogP contribution in [0.15, 0.2) is 24.3 Å². The number of nitrogens with zero attached hydrogens (tertiary/aromatic N) is 2. The number of rotatable bonds is 10. The minimum atomic E-state index is -2.99. The van der Waals surface area contributed by atoms with Crippen LogP contribution in [0.5, 0.6) is 11.6 Å². The number of ether oxygens (including phenoxy) is 5. The molecule has 0 aliphatic carbocycles. The second-order valence-electron chi connectivity index (χ2n) is 8.83. The molecule has 206 valence electrons. The second kappa shape index (κ2) is 12.6. The van der Waals surface area contributed by atoms with Gasteiger partial charge in [0.05, 0.1) is 14.1 Å². The highest BCUT2D eigenvalue weighted by Crippen LogP contribution is 2.31. The van der Waals surface area contributed by atoms with E-state index in [4.69, 9.17) is 27.2 Å². The summed E-state index contributed by atoms with van der Waals surface area (Å²) in [6.45, 7) is 4.27. The quantitative estimate of drug-likeness (QED) is 0.394. The number of carbonyl (C=O) groups excluding carboxylic acids is 1. The molecule has 3 N–H and O–H groups in total. The molecule has 0 unspecified atom stereocenters. The monoisotopic (exact) mass is 528 g/mol. The third-order valence-corrected chi connectivity index (χ3v) is 5.30. The van der Waals surface area contributed by atoms with Crippen LogP contribution in [0.3, 0.4) is 0 Å². The van der Waals surface area contributed by atoms with Gasteiger partial charge in [-0.15, -0.1) is 5.10 Å². The van der Waals surface area contributed by atoms with Crippen LogP contribution in [0.4, 0.5) is 4.79 Å². The number of aromatic nitrogens is 2. The Morgan fingerprint density at radius 1 is 1.16 bits per heavy atom. The fourth-order valence-corrected chi connectivity index (χ4v) is 3.52. The lowest BCUT2D eigenvalue weighted by atomic mass is 9.99. The van der Waals surface area contributed by atoms with Crippen LogP contribution in [0, 0.1) is 6.85 Å². The lowest BCUT2D eigenvalue weighted by molar-refractivity contribution is -0.278. The zero-order valence-corrected chi connectivity index (χ0v) is 21.4. The molecule has 1 aliphatic rings. The number of carbonyl (C=O) groups is 1. The maximum absolute atomic E-state index is 11.6. The zero-order valence-electron chi connectivity index (χ0n) is 27.4. The molecule has 0 saturated carbocycles. The molecule has 1 saturated heterocycles. The van der Waals surface area contributed by atoms with Gasteiger partial charge < -0.3 is 39.0 Å².